The number of esters is 1. The number of nitrogens with one attached hydrogen (secondary N) is 2. The summed E-state index contributed by atoms with van der Waals surface area (Å²) >= 11 is 0. The van der Waals surface area contributed by atoms with Crippen molar-refractivity contribution < 1.29 is 14.3 Å². The number of ether oxygens (including phenoxy) is 1. The molecule has 0 fully saturated rings. The SMILES string of the molecule is COC(=O)c1ccc(Nc2ccccc2)c(C(=O)Nc2ccccc2)c1. The first-order valence-corrected chi connectivity index (χ1v) is 8.08. The fourth-order valence-corrected chi connectivity index (χ4v) is 2.48. The van der Waals surface area contributed by atoms with Crippen molar-refractivity contribution in [1.82, 2.24) is 0 Å². The Hall–Kier alpha value is -3.60. The fraction of sp³-hybridized carbons (Fsp3) is 0.0476. The van der Waals surface area contributed by atoms with E-state index >= 15 is 0 Å². The van der Waals surface area contributed by atoms with Crippen LogP contribution < -0.4 is 10.6 Å². The van der Waals surface area contributed by atoms with E-state index in [1.54, 1.807) is 24.3 Å². The predicted octanol–water partition coefficient (Wildman–Crippen LogP) is 4.47. The lowest BCUT2D eigenvalue weighted by Crippen LogP contribution is -2.15. The van der Waals surface area contributed by atoms with E-state index in [1.807, 2.05) is 48.5 Å². The molecule has 0 heterocycles. The molecule has 0 aliphatic heterocycles. The van der Waals surface area contributed by atoms with Crippen molar-refractivity contribution in [3.63, 3.8) is 0 Å². The van der Waals surface area contributed by atoms with Gasteiger partial charge in [0.15, 0.2) is 0 Å². The van der Waals surface area contributed by atoms with E-state index < -0.39 is 5.97 Å². The summed E-state index contributed by atoms with van der Waals surface area (Å²) < 4.78 is 4.76. The lowest BCUT2D eigenvalue weighted by Gasteiger charge is -2.14. The molecule has 0 bridgehead atoms. The molecule has 3 rings (SSSR count). The number of hydrogen-bond donors (Lipinski definition) is 2. The van der Waals surface area contributed by atoms with Gasteiger partial charge in [0.1, 0.15) is 0 Å². The van der Waals surface area contributed by atoms with E-state index in [9.17, 15) is 9.59 Å². The van der Waals surface area contributed by atoms with Crippen LogP contribution in [-0.2, 0) is 4.74 Å². The van der Waals surface area contributed by atoms with Gasteiger partial charge in [0, 0.05) is 11.4 Å². The van der Waals surface area contributed by atoms with E-state index in [1.165, 1.54) is 13.2 Å². The minimum atomic E-state index is -0.495. The van der Waals surface area contributed by atoms with Crippen molar-refractivity contribution in [3.05, 3.63) is 90.0 Å². The molecule has 0 spiro atoms. The number of benzene rings is 3. The van der Waals surface area contributed by atoms with Crippen LogP contribution >= 0.6 is 0 Å². The normalized spacial score (nSPS) is 10.0. The van der Waals surface area contributed by atoms with Gasteiger partial charge in [-0.15, -0.1) is 0 Å². The largest absolute Gasteiger partial charge is 0.465 e. The van der Waals surface area contributed by atoms with E-state index in [4.69, 9.17) is 4.74 Å². The molecule has 0 saturated carbocycles. The van der Waals surface area contributed by atoms with Crippen LogP contribution in [0.4, 0.5) is 17.1 Å². The van der Waals surface area contributed by atoms with E-state index in [0.29, 0.717) is 22.5 Å². The molecular formula is C21H18N2O3. The van der Waals surface area contributed by atoms with Crippen LogP contribution in [0.15, 0.2) is 78.9 Å². The standard InChI is InChI=1S/C21H18N2O3/c1-26-21(25)15-12-13-19(22-16-8-4-2-5-9-16)18(14-15)20(24)23-17-10-6-3-7-11-17/h2-14,22H,1H3,(H,23,24). The molecule has 0 unspecified atom stereocenters. The smallest absolute Gasteiger partial charge is 0.337 e. The maximum atomic E-state index is 12.8. The highest BCUT2D eigenvalue weighted by atomic mass is 16.5. The Labute approximate surface area is 151 Å². The average molecular weight is 346 g/mol. The maximum Gasteiger partial charge on any atom is 0.337 e. The minimum Gasteiger partial charge on any atom is -0.465 e. The van der Waals surface area contributed by atoms with Gasteiger partial charge in [-0.2, -0.15) is 0 Å². The Bertz CT molecular complexity index is 909. The van der Waals surface area contributed by atoms with Gasteiger partial charge in [-0.1, -0.05) is 36.4 Å². The first-order chi connectivity index (χ1) is 12.7. The third kappa shape index (κ3) is 4.08. The van der Waals surface area contributed by atoms with Crippen molar-refractivity contribution in [2.75, 3.05) is 17.7 Å². The molecule has 0 atom stereocenters. The Morgan fingerprint density at radius 2 is 1.42 bits per heavy atom. The number of para-hydroxylation sites is 2. The van der Waals surface area contributed by atoms with Gasteiger partial charge in [0.2, 0.25) is 0 Å². The second kappa shape index (κ2) is 7.98. The van der Waals surface area contributed by atoms with Gasteiger partial charge in [-0.3, -0.25) is 4.79 Å². The highest BCUT2D eigenvalue weighted by Gasteiger charge is 2.16. The molecule has 0 aliphatic rings. The molecule has 0 aromatic heterocycles. The van der Waals surface area contributed by atoms with Crippen molar-refractivity contribution in [1.29, 1.82) is 0 Å². The molecule has 3 aromatic rings. The third-order valence-corrected chi connectivity index (χ3v) is 3.77. The Balaban J connectivity index is 1.95. The third-order valence-electron chi connectivity index (χ3n) is 3.77. The molecule has 0 aliphatic carbocycles. The quantitative estimate of drug-likeness (QED) is 0.669. The van der Waals surface area contributed by atoms with Crippen LogP contribution in [0.1, 0.15) is 20.7 Å². The van der Waals surface area contributed by atoms with Crippen LogP contribution in [-0.4, -0.2) is 19.0 Å². The highest BCUT2D eigenvalue weighted by Crippen LogP contribution is 2.24. The zero-order chi connectivity index (χ0) is 18.4. The van der Waals surface area contributed by atoms with Crippen molar-refractivity contribution in [3.8, 4) is 0 Å². The first kappa shape index (κ1) is 17.2. The fourth-order valence-electron chi connectivity index (χ4n) is 2.48. The van der Waals surface area contributed by atoms with Crippen molar-refractivity contribution in [2.24, 2.45) is 0 Å². The lowest BCUT2D eigenvalue weighted by atomic mass is 10.1. The molecule has 26 heavy (non-hydrogen) atoms. The molecule has 2 N–H and O–H groups in total. The second-order valence-electron chi connectivity index (χ2n) is 5.56. The monoisotopic (exact) mass is 346 g/mol. The van der Waals surface area contributed by atoms with Crippen molar-refractivity contribution >= 4 is 28.9 Å². The highest BCUT2D eigenvalue weighted by molar-refractivity contribution is 6.09. The Morgan fingerprint density at radius 3 is 2.04 bits per heavy atom. The first-order valence-electron chi connectivity index (χ1n) is 8.08. The summed E-state index contributed by atoms with van der Waals surface area (Å²) in [4.78, 5) is 24.6. The molecule has 0 radical (unpaired) electrons. The molecule has 1 amide bonds. The van der Waals surface area contributed by atoms with Gasteiger partial charge in [0.25, 0.3) is 5.91 Å². The lowest BCUT2D eigenvalue weighted by molar-refractivity contribution is 0.0600. The number of rotatable bonds is 5. The van der Waals surface area contributed by atoms with E-state index in [2.05, 4.69) is 10.6 Å². The molecule has 3 aromatic carbocycles. The summed E-state index contributed by atoms with van der Waals surface area (Å²) in [5.74, 6) is -0.814. The summed E-state index contributed by atoms with van der Waals surface area (Å²) in [5.41, 5.74) is 2.76. The molecule has 5 nitrogen and oxygen atoms in total. The zero-order valence-electron chi connectivity index (χ0n) is 14.2. The number of methoxy groups -OCH3 is 1. The van der Waals surface area contributed by atoms with E-state index in [-0.39, 0.29) is 5.91 Å². The molecular weight excluding hydrogens is 328 g/mol. The van der Waals surface area contributed by atoms with E-state index in [0.717, 1.165) is 5.69 Å². The van der Waals surface area contributed by atoms with Gasteiger partial charge in [-0.05, 0) is 42.5 Å². The van der Waals surface area contributed by atoms with Crippen molar-refractivity contribution in [2.45, 2.75) is 0 Å². The molecule has 5 heteroatoms. The topological polar surface area (TPSA) is 67.4 Å². The number of carbonyl (C=O) groups excluding carboxylic acids is 2. The van der Waals surface area contributed by atoms with Crippen LogP contribution in [0.3, 0.4) is 0 Å². The minimum absolute atomic E-state index is 0.310. The van der Waals surface area contributed by atoms with Crippen LogP contribution in [0.25, 0.3) is 0 Å². The summed E-state index contributed by atoms with van der Waals surface area (Å²) in [6, 6.07) is 23.5. The van der Waals surface area contributed by atoms with Gasteiger partial charge in [-0.25, -0.2) is 4.79 Å². The van der Waals surface area contributed by atoms with Crippen LogP contribution in [0.5, 0.6) is 0 Å². The summed E-state index contributed by atoms with van der Waals surface area (Å²) in [6.07, 6.45) is 0. The number of carbonyl (C=O) groups is 2. The second-order valence-corrected chi connectivity index (χ2v) is 5.56. The van der Waals surface area contributed by atoms with Crippen LogP contribution in [0.2, 0.25) is 0 Å². The number of amides is 1. The zero-order valence-corrected chi connectivity index (χ0v) is 14.2. The van der Waals surface area contributed by atoms with Gasteiger partial charge < -0.3 is 15.4 Å². The summed E-state index contributed by atoms with van der Waals surface area (Å²) in [7, 11) is 1.31. The van der Waals surface area contributed by atoms with Gasteiger partial charge >= 0.3 is 5.97 Å². The molecule has 130 valence electrons. The summed E-state index contributed by atoms with van der Waals surface area (Å²) in [6.45, 7) is 0. The number of anilines is 3. The summed E-state index contributed by atoms with van der Waals surface area (Å²) in [5, 5.41) is 6.05. The Morgan fingerprint density at radius 1 is 0.808 bits per heavy atom. The molecule has 0 saturated heterocycles. The predicted molar refractivity (Wildman–Crippen MR) is 102 cm³/mol. The van der Waals surface area contributed by atoms with Crippen LogP contribution in [0, 0.1) is 0 Å². The average Bonchev–Trinajstić information content (AvgIpc) is 2.69. The number of hydrogen-bond acceptors (Lipinski definition) is 4. The maximum absolute atomic E-state index is 12.8. The van der Waals surface area contributed by atoms with Gasteiger partial charge in [0.05, 0.1) is 23.9 Å². The Kier molecular flexibility index (Phi) is 5.29.